The zero-order valence-electron chi connectivity index (χ0n) is 25.0. The minimum absolute atomic E-state index is 0.264. The first-order valence-electron chi connectivity index (χ1n) is 14.9. The van der Waals surface area contributed by atoms with Crippen molar-refractivity contribution in [3.8, 4) is 34.5 Å². The van der Waals surface area contributed by atoms with Gasteiger partial charge in [0.1, 0.15) is 0 Å². The molecule has 0 bridgehead atoms. The molecule has 0 unspecified atom stereocenters. The standard InChI is InChI=1S/C32H44N2O10/c1-2-3-4-5-6-7-8-9-10-11-12-13-14-15-16-32(31(43)44,33-29(41)21-17-23(35)27(39)24(36)18-21)34-30(42)22-19-25(37)28(40)26(38)20-22/h9-10,17-20,35-40H,2-8,11-16H2,1H3,(H,33,41)(H,34,42)(H,43,44)/b10-9-. The molecular weight excluding hydrogens is 572 g/mol. The fourth-order valence-electron chi connectivity index (χ4n) is 4.66. The molecule has 0 spiro atoms. The highest BCUT2D eigenvalue weighted by molar-refractivity contribution is 6.02. The Morgan fingerprint density at radius 1 is 0.614 bits per heavy atom. The van der Waals surface area contributed by atoms with Gasteiger partial charge in [0.25, 0.3) is 11.8 Å². The zero-order valence-corrected chi connectivity index (χ0v) is 25.0. The maximum atomic E-state index is 13.0. The molecule has 0 atom stereocenters. The SMILES string of the molecule is CCCCCCCC/C=C\CCCCCCC(NC(=O)c1cc(O)c(O)c(O)c1)(NC(=O)c1cc(O)c(O)c(O)c1)C(=O)O. The Balaban J connectivity index is 2.08. The van der Waals surface area contributed by atoms with E-state index in [2.05, 4.69) is 29.7 Å². The Kier molecular flexibility index (Phi) is 14.1. The number of aromatic hydroxyl groups is 6. The van der Waals surface area contributed by atoms with Crippen molar-refractivity contribution in [2.75, 3.05) is 0 Å². The van der Waals surface area contributed by atoms with Crippen molar-refractivity contribution in [1.29, 1.82) is 0 Å². The molecule has 0 aliphatic carbocycles. The molecule has 0 radical (unpaired) electrons. The van der Waals surface area contributed by atoms with Crippen molar-refractivity contribution >= 4 is 17.8 Å². The van der Waals surface area contributed by atoms with Crippen LogP contribution < -0.4 is 10.6 Å². The van der Waals surface area contributed by atoms with Crippen molar-refractivity contribution in [2.45, 2.75) is 96.1 Å². The number of nitrogens with one attached hydrogen (secondary N) is 2. The number of phenols is 6. The molecular formula is C32H44N2O10. The van der Waals surface area contributed by atoms with Crippen molar-refractivity contribution in [2.24, 2.45) is 0 Å². The molecule has 0 aromatic heterocycles. The lowest BCUT2D eigenvalue weighted by Crippen LogP contribution is -2.65. The molecule has 0 aliphatic heterocycles. The molecule has 0 fully saturated rings. The molecule has 0 saturated carbocycles. The molecule has 12 nitrogen and oxygen atoms in total. The number of phenolic OH excluding ortho intramolecular Hbond substituents is 6. The third kappa shape index (κ3) is 10.6. The first kappa shape index (κ1) is 35.6. The number of carbonyl (C=O) groups is 3. The van der Waals surface area contributed by atoms with Gasteiger partial charge < -0.3 is 46.4 Å². The van der Waals surface area contributed by atoms with Crippen LogP contribution in [0.2, 0.25) is 0 Å². The number of rotatable bonds is 19. The van der Waals surface area contributed by atoms with E-state index in [0.29, 0.717) is 6.42 Å². The summed E-state index contributed by atoms with van der Waals surface area (Å²) in [6.07, 6.45) is 15.9. The van der Waals surface area contributed by atoms with E-state index in [1.54, 1.807) is 0 Å². The first-order valence-corrected chi connectivity index (χ1v) is 14.9. The fraction of sp³-hybridized carbons (Fsp3) is 0.469. The van der Waals surface area contributed by atoms with Crippen molar-refractivity contribution in [3.63, 3.8) is 0 Å². The van der Waals surface area contributed by atoms with Crippen LogP contribution in [0.15, 0.2) is 36.4 Å². The normalized spacial score (nSPS) is 11.5. The number of carboxylic acid groups (broad SMARTS) is 1. The number of carbonyl (C=O) groups excluding carboxylic acids is 2. The maximum Gasteiger partial charge on any atom is 0.350 e. The van der Waals surface area contributed by atoms with Crippen LogP contribution in [0.1, 0.15) is 111 Å². The van der Waals surface area contributed by atoms with Crippen molar-refractivity contribution in [1.82, 2.24) is 10.6 Å². The molecule has 12 heteroatoms. The summed E-state index contributed by atoms with van der Waals surface area (Å²) >= 11 is 0. The molecule has 2 aromatic rings. The van der Waals surface area contributed by atoms with Gasteiger partial charge in [-0.25, -0.2) is 4.79 Å². The molecule has 2 rings (SSSR count). The lowest BCUT2D eigenvalue weighted by molar-refractivity contribution is -0.146. The van der Waals surface area contributed by atoms with E-state index in [-0.39, 0.29) is 12.8 Å². The molecule has 242 valence electrons. The summed E-state index contributed by atoms with van der Waals surface area (Å²) in [7, 11) is 0. The number of amides is 2. The van der Waals surface area contributed by atoms with E-state index >= 15 is 0 Å². The van der Waals surface area contributed by atoms with E-state index in [1.807, 2.05) is 0 Å². The Bertz CT molecular complexity index is 1190. The first-order chi connectivity index (χ1) is 20.9. The van der Waals surface area contributed by atoms with Gasteiger partial charge in [-0.15, -0.1) is 0 Å². The van der Waals surface area contributed by atoms with Crippen molar-refractivity contribution in [3.05, 3.63) is 47.5 Å². The van der Waals surface area contributed by atoms with Crippen LogP contribution in [-0.4, -0.2) is 59.2 Å². The Morgan fingerprint density at radius 3 is 1.36 bits per heavy atom. The number of aliphatic carboxylic acids is 1. The molecule has 0 aliphatic rings. The molecule has 9 N–H and O–H groups in total. The molecule has 2 amide bonds. The van der Waals surface area contributed by atoms with Gasteiger partial charge in [0.05, 0.1) is 0 Å². The lowest BCUT2D eigenvalue weighted by Gasteiger charge is -2.32. The number of benzene rings is 2. The highest BCUT2D eigenvalue weighted by atomic mass is 16.4. The smallest absolute Gasteiger partial charge is 0.350 e. The molecule has 0 saturated heterocycles. The summed E-state index contributed by atoms with van der Waals surface area (Å²) in [6, 6.07) is 3.26. The van der Waals surface area contributed by atoms with Crippen LogP contribution in [0.3, 0.4) is 0 Å². The van der Waals surface area contributed by atoms with E-state index in [0.717, 1.165) is 49.9 Å². The second-order valence-corrected chi connectivity index (χ2v) is 10.8. The number of allylic oxidation sites excluding steroid dienone is 2. The number of unbranched alkanes of at least 4 members (excludes halogenated alkanes) is 10. The Labute approximate surface area is 256 Å². The van der Waals surface area contributed by atoms with Crippen LogP contribution in [0, 0.1) is 0 Å². The predicted octanol–water partition coefficient (Wildman–Crippen LogP) is 5.51. The van der Waals surface area contributed by atoms with E-state index in [9.17, 15) is 50.1 Å². The van der Waals surface area contributed by atoms with Gasteiger partial charge >= 0.3 is 5.97 Å². The van der Waals surface area contributed by atoms with Gasteiger partial charge in [-0.2, -0.15) is 0 Å². The van der Waals surface area contributed by atoms with Gasteiger partial charge in [0, 0.05) is 17.5 Å². The van der Waals surface area contributed by atoms with Crippen LogP contribution in [-0.2, 0) is 4.79 Å². The van der Waals surface area contributed by atoms with Crippen LogP contribution in [0.5, 0.6) is 34.5 Å². The fourth-order valence-corrected chi connectivity index (χ4v) is 4.66. The van der Waals surface area contributed by atoms with Crippen molar-refractivity contribution < 1.29 is 50.1 Å². The minimum Gasteiger partial charge on any atom is -0.504 e. The largest absolute Gasteiger partial charge is 0.504 e. The average molecular weight is 617 g/mol. The second kappa shape index (κ2) is 17.5. The van der Waals surface area contributed by atoms with E-state index < -0.39 is 69.1 Å². The van der Waals surface area contributed by atoms with Crippen LogP contribution >= 0.6 is 0 Å². The molecule has 0 heterocycles. The number of carboxylic acids is 1. The highest BCUT2D eigenvalue weighted by Gasteiger charge is 2.42. The van der Waals surface area contributed by atoms with Gasteiger partial charge in [-0.3, -0.25) is 9.59 Å². The van der Waals surface area contributed by atoms with E-state index in [4.69, 9.17) is 0 Å². The van der Waals surface area contributed by atoms with Gasteiger partial charge in [-0.1, -0.05) is 64.0 Å². The predicted molar refractivity (Wildman–Crippen MR) is 163 cm³/mol. The van der Waals surface area contributed by atoms with Gasteiger partial charge in [-0.05, 0) is 56.4 Å². The Morgan fingerprint density at radius 2 is 0.977 bits per heavy atom. The summed E-state index contributed by atoms with van der Waals surface area (Å²) in [5, 5.41) is 73.1. The van der Waals surface area contributed by atoms with Gasteiger partial charge in [0.15, 0.2) is 34.5 Å². The maximum absolute atomic E-state index is 13.0. The third-order valence-electron chi connectivity index (χ3n) is 7.25. The van der Waals surface area contributed by atoms with Crippen LogP contribution in [0.25, 0.3) is 0 Å². The lowest BCUT2D eigenvalue weighted by atomic mass is 9.98. The Hall–Kier alpha value is -4.61. The molecule has 44 heavy (non-hydrogen) atoms. The molecule has 2 aromatic carbocycles. The number of hydrogen-bond acceptors (Lipinski definition) is 9. The zero-order chi connectivity index (χ0) is 32.7. The third-order valence-corrected chi connectivity index (χ3v) is 7.25. The average Bonchev–Trinajstić information content (AvgIpc) is 2.97. The summed E-state index contributed by atoms with van der Waals surface area (Å²) in [4.78, 5) is 38.7. The summed E-state index contributed by atoms with van der Waals surface area (Å²) in [5.74, 6) is -8.85. The summed E-state index contributed by atoms with van der Waals surface area (Å²) in [5.41, 5.74) is -3.19. The topological polar surface area (TPSA) is 217 Å². The second-order valence-electron chi connectivity index (χ2n) is 10.8. The van der Waals surface area contributed by atoms with E-state index in [1.165, 1.54) is 38.5 Å². The van der Waals surface area contributed by atoms with Gasteiger partial charge in [0.2, 0.25) is 5.66 Å². The summed E-state index contributed by atoms with van der Waals surface area (Å²) in [6.45, 7) is 2.20. The number of hydrogen-bond donors (Lipinski definition) is 9. The highest BCUT2D eigenvalue weighted by Crippen LogP contribution is 2.36. The summed E-state index contributed by atoms with van der Waals surface area (Å²) < 4.78 is 0. The quantitative estimate of drug-likeness (QED) is 0.0417. The van der Waals surface area contributed by atoms with Crippen LogP contribution in [0.4, 0.5) is 0 Å². The monoisotopic (exact) mass is 616 g/mol. The minimum atomic E-state index is -2.39.